The van der Waals surface area contributed by atoms with Gasteiger partial charge in [-0.15, -0.1) is 5.10 Å². The van der Waals surface area contributed by atoms with Crippen LogP contribution in [0.25, 0.3) is 5.52 Å². The summed E-state index contributed by atoms with van der Waals surface area (Å²) in [5, 5.41) is 13.5. The SMILES string of the molecule is C[C@@H](Oc1nn2ccccc2c1C#N)c1ccc(F)cn1. The van der Waals surface area contributed by atoms with Crippen LogP contribution in [0.5, 0.6) is 5.88 Å². The van der Waals surface area contributed by atoms with E-state index in [2.05, 4.69) is 16.2 Å². The second kappa shape index (κ2) is 5.21. The molecule has 0 bridgehead atoms. The van der Waals surface area contributed by atoms with E-state index in [0.29, 0.717) is 16.8 Å². The highest BCUT2D eigenvalue weighted by Crippen LogP contribution is 2.26. The van der Waals surface area contributed by atoms with Crippen LogP contribution in [-0.4, -0.2) is 14.6 Å². The number of pyridine rings is 2. The zero-order valence-electron chi connectivity index (χ0n) is 11.2. The van der Waals surface area contributed by atoms with Gasteiger partial charge in [0.2, 0.25) is 0 Å². The van der Waals surface area contributed by atoms with Gasteiger partial charge in [0.15, 0.2) is 0 Å². The van der Waals surface area contributed by atoms with Crippen LogP contribution >= 0.6 is 0 Å². The number of nitrogens with zero attached hydrogens (tertiary/aromatic N) is 4. The molecule has 104 valence electrons. The highest BCUT2D eigenvalue weighted by Gasteiger charge is 2.17. The van der Waals surface area contributed by atoms with Crippen LogP contribution in [0, 0.1) is 17.1 Å². The van der Waals surface area contributed by atoms with E-state index in [1.54, 1.807) is 29.8 Å². The van der Waals surface area contributed by atoms with E-state index in [9.17, 15) is 9.65 Å². The minimum absolute atomic E-state index is 0.238. The molecule has 0 radical (unpaired) electrons. The summed E-state index contributed by atoms with van der Waals surface area (Å²) in [5.41, 5.74) is 1.61. The lowest BCUT2D eigenvalue weighted by Gasteiger charge is -2.11. The fraction of sp³-hybridized carbons (Fsp3) is 0.133. The molecule has 0 aliphatic heterocycles. The molecular formula is C15H11FN4O. The molecule has 3 aromatic rings. The second-order valence-electron chi connectivity index (χ2n) is 4.48. The summed E-state index contributed by atoms with van der Waals surface area (Å²) in [6, 6.07) is 10.4. The number of nitriles is 1. The van der Waals surface area contributed by atoms with E-state index in [1.807, 2.05) is 12.1 Å². The van der Waals surface area contributed by atoms with Gasteiger partial charge in [-0.1, -0.05) is 6.07 Å². The molecule has 0 aromatic carbocycles. The first-order valence-corrected chi connectivity index (χ1v) is 6.34. The fourth-order valence-electron chi connectivity index (χ4n) is 2.02. The van der Waals surface area contributed by atoms with Crippen LogP contribution in [0.4, 0.5) is 4.39 Å². The van der Waals surface area contributed by atoms with Crippen molar-refractivity contribution in [3.05, 3.63) is 59.8 Å². The summed E-state index contributed by atoms with van der Waals surface area (Å²) in [7, 11) is 0. The Hall–Kier alpha value is -2.94. The Kier molecular flexibility index (Phi) is 3.24. The lowest BCUT2D eigenvalue weighted by molar-refractivity contribution is 0.211. The van der Waals surface area contributed by atoms with Crippen molar-refractivity contribution in [2.45, 2.75) is 13.0 Å². The number of halogens is 1. The van der Waals surface area contributed by atoms with Gasteiger partial charge in [-0.3, -0.25) is 4.98 Å². The maximum absolute atomic E-state index is 12.9. The van der Waals surface area contributed by atoms with Gasteiger partial charge in [-0.2, -0.15) is 5.26 Å². The standard InChI is InChI=1S/C15H11FN4O/c1-10(13-6-5-11(16)9-18-13)21-15-12(8-17)14-4-2-3-7-20(14)19-15/h2-7,9-10H,1H3/t10-/m1/s1. The van der Waals surface area contributed by atoms with E-state index in [0.717, 1.165) is 6.20 Å². The Balaban J connectivity index is 1.94. The number of rotatable bonds is 3. The lowest BCUT2D eigenvalue weighted by atomic mass is 10.2. The van der Waals surface area contributed by atoms with Crippen LogP contribution < -0.4 is 4.74 Å². The molecule has 0 N–H and O–H groups in total. The molecule has 0 aliphatic carbocycles. The van der Waals surface area contributed by atoms with Gasteiger partial charge in [0.1, 0.15) is 23.6 Å². The smallest absolute Gasteiger partial charge is 0.252 e. The molecule has 0 amide bonds. The van der Waals surface area contributed by atoms with Crippen molar-refractivity contribution in [3.63, 3.8) is 0 Å². The highest BCUT2D eigenvalue weighted by molar-refractivity contribution is 5.64. The van der Waals surface area contributed by atoms with Crippen LogP contribution in [0.2, 0.25) is 0 Å². The van der Waals surface area contributed by atoms with E-state index in [4.69, 9.17) is 4.74 Å². The average Bonchev–Trinajstić information content (AvgIpc) is 2.84. The predicted molar refractivity (Wildman–Crippen MR) is 73.1 cm³/mol. The maximum Gasteiger partial charge on any atom is 0.252 e. The van der Waals surface area contributed by atoms with Crippen molar-refractivity contribution in [2.75, 3.05) is 0 Å². The zero-order valence-corrected chi connectivity index (χ0v) is 11.2. The summed E-state index contributed by atoms with van der Waals surface area (Å²) in [6.45, 7) is 1.77. The number of hydrogen-bond donors (Lipinski definition) is 0. The third-order valence-corrected chi connectivity index (χ3v) is 3.07. The van der Waals surface area contributed by atoms with Gasteiger partial charge < -0.3 is 4.74 Å². The lowest BCUT2D eigenvalue weighted by Crippen LogP contribution is -2.06. The first-order valence-electron chi connectivity index (χ1n) is 6.34. The molecule has 0 aliphatic rings. The first-order chi connectivity index (χ1) is 10.2. The third kappa shape index (κ3) is 2.41. The minimum atomic E-state index is -0.442. The summed E-state index contributed by atoms with van der Waals surface area (Å²) >= 11 is 0. The van der Waals surface area contributed by atoms with Crippen molar-refractivity contribution in [3.8, 4) is 11.9 Å². The summed E-state index contributed by atoms with van der Waals surface area (Å²) in [6.07, 6.45) is 2.43. The summed E-state index contributed by atoms with van der Waals surface area (Å²) < 4.78 is 20.2. The molecule has 6 heteroatoms. The Morgan fingerprint density at radius 3 is 2.90 bits per heavy atom. The van der Waals surface area contributed by atoms with Gasteiger partial charge in [0.05, 0.1) is 17.4 Å². The molecule has 3 aromatic heterocycles. The molecule has 0 spiro atoms. The van der Waals surface area contributed by atoms with Gasteiger partial charge in [0, 0.05) is 6.20 Å². The number of fused-ring (bicyclic) bond motifs is 1. The normalized spacial score (nSPS) is 12.0. The highest BCUT2D eigenvalue weighted by atomic mass is 19.1. The van der Waals surface area contributed by atoms with E-state index in [1.165, 1.54) is 6.07 Å². The third-order valence-electron chi connectivity index (χ3n) is 3.07. The van der Waals surface area contributed by atoms with Gasteiger partial charge in [0.25, 0.3) is 5.88 Å². The maximum atomic E-state index is 12.9. The van der Waals surface area contributed by atoms with Crippen molar-refractivity contribution < 1.29 is 9.13 Å². The molecule has 3 heterocycles. The average molecular weight is 282 g/mol. The molecule has 1 atom stereocenters. The van der Waals surface area contributed by atoms with E-state index >= 15 is 0 Å². The molecule has 0 saturated carbocycles. The van der Waals surface area contributed by atoms with Crippen LogP contribution in [0.15, 0.2) is 42.7 Å². The van der Waals surface area contributed by atoms with E-state index in [-0.39, 0.29) is 5.88 Å². The molecule has 5 nitrogen and oxygen atoms in total. The summed E-state index contributed by atoms with van der Waals surface area (Å²) in [4.78, 5) is 3.97. The molecule has 21 heavy (non-hydrogen) atoms. The van der Waals surface area contributed by atoms with Crippen LogP contribution in [-0.2, 0) is 0 Å². The van der Waals surface area contributed by atoms with Gasteiger partial charge >= 0.3 is 0 Å². The quantitative estimate of drug-likeness (QED) is 0.741. The van der Waals surface area contributed by atoms with Crippen molar-refractivity contribution in [1.29, 1.82) is 5.26 Å². The number of ether oxygens (including phenoxy) is 1. The fourth-order valence-corrected chi connectivity index (χ4v) is 2.02. The van der Waals surface area contributed by atoms with Crippen molar-refractivity contribution >= 4 is 5.52 Å². The largest absolute Gasteiger partial charge is 0.466 e. The van der Waals surface area contributed by atoms with Crippen molar-refractivity contribution in [1.82, 2.24) is 14.6 Å². The number of hydrogen-bond acceptors (Lipinski definition) is 4. The second-order valence-corrected chi connectivity index (χ2v) is 4.48. The van der Waals surface area contributed by atoms with E-state index < -0.39 is 11.9 Å². The Morgan fingerprint density at radius 1 is 1.33 bits per heavy atom. The van der Waals surface area contributed by atoms with Crippen molar-refractivity contribution in [2.24, 2.45) is 0 Å². The van der Waals surface area contributed by atoms with Crippen LogP contribution in [0.3, 0.4) is 0 Å². The molecule has 0 saturated heterocycles. The van der Waals surface area contributed by atoms with Gasteiger partial charge in [-0.25, -0.2) is 8.91 Å². The molecule has 3 rings (SSSR count). The predicted octanol–water partition coefficient (Wildman–Crippen LogP) is 2.88. The molecule has 0 fully saturated rings. The molecular weight excluding hydrogens is 271 g/mol. The Labute approximate surface area is 120 Å². The topological polar surface area (TPSA) is 63.2 Å². The Bertz CT molecular complexity index is 820. The number of aromatic nitrogens is 3. The van der Waals surface area contributed by atoms with Gasteiger partial charge in [-0.05, 0) is 31.2 Å². The first kappa shape index (κ1) is 13.1. The minimum Gasteiger partial charge on any atom is -0.466 e. The zero-order chi connectivity index (χ0) is 14.8. The molecule has 0 unspecified atom stereocenters. The Morgan fingerprint density at radius 2 is 2.19 bits per heavy atom. The monoisotopic (exact) mass is 282 g/mol. The van der Waals surface area contributed by atoms with Crippen LogP contribution in [0.1, 0.15) is 24.3 Å². The summed E-state index contributed by atoms with van der Waals surface area (Å²) in [5.74, 6) is -0.168.